The molecule has 1 amide bonds. The summed E-state index contributed by atoms with van der Waals surface area (Å²) in [5, 5.41) is 20.5. The van der Waals surface area contributed by atoms with Gasteiger partial charge in [-0.25, -0.2) is 4.79 Å². The topological polar surface area (TPSA) is 99.4 Å². The fraction of sp³-hybridized carbons (Fsp3) is 0.357. The number of methoxy groups -OCH3 is 1. The summed E-state index contributed by atoms with van der Waals surface area (Å²) in [4.78, 5) is 23.6. The van der Waals surface area contributed by atoms with Crippen molar-refractivity contribution in [2.24, 2.45) is 5.92 Å². The molecule has 0 saturated heterocycles. The highest BCUT2D eigenvalue weighted by Crippen LogP contribution is 2.11. The fourth-order valence-corrected chi connectivity index (χ4v) is 1.62. The zero-order chi connectivity index (χ0) is 15.1. The molecule has 0 aliphatic rings. The van der Waals surface area contributed by atoms with Gasteiger partial charge in [0.1, 0.15) is 11.8 Å². The Labute approximate surface area is 117 Å². The van der Waals surface area contributed by atoms with Crippen molar-refractivity contribution >= 4 is 11.9 Å². The van der Waals surface area contributed by atoms with Gasteiger partial charge in [-0.3, -0.25) is 4.79 Å². The largest absolute Gasteiger partial charge is 0.508 e. The molecule has 6 heteroatoms. The van der Waals surface area contributed by atoms with Crippen LogP contribution in [0.25, 0.3) is 0 Å². The number of carbonyl (C=O) groups is 2. The molecule has 0 heterocycles. The minimum absolute atomic E-state index is 0.0455. The van der Waals surface area contributed by atoms with Crippen molar-refractivity contribution in [1.29, 1.82) is 5.26 Å². The molecule has 0 saturated carbocycles. The minimum Gasteiger partial charge on any atom is -0.508 e. The Morgan fingerprint density at radius 3 is 2.50 bits per heavy atom. The van der Waals surface area contributed by atoms with Crippen LogP contribution in [0.1, 0.15) is 23.7 Å². The highest BCUT2D eigenvalue weighted by Gasteiger charge is 2.24. The Morgan fingerprint density at radius 1 is 1.40 bits per heavy atom. The number of carbonyl (C=O) groups excluding carboxylic acids is 2. The molecule has 0 aliphatic carbocycles. The quantitative estimate of drug-likeness (QED) is 0.787. The standard InChI is InChI=1S/C14H16N2O4/c1-9(8-15)7-12(14(19)20-2)16-13(18)10-3-5-11(17)6-4-10/h3-6,9,12,17H,7H2,1-2H3,(H,16,18)/t9-,12+/m1/s1. The van der Waals surface area contributed by atoms with E-state index >= 15 is 0 Å². The Morgan fingerprint density at radius 2 is 2.00 bits per heavy atom. The third kappa shape index (κ3) is 4.28. The van der Waals surface area contributed by atoms with Gasteiger partial charge in [0.05, 0.1) is 13.2 Å². The number of hydrogen-bond acceptors (Lipinski definition) is 5. The predicted molar refractivity (Wildman–Crippen MR) is 70.8 cm³/mol. The van der Waals surface area contributed by atoms with Crippen LogP contribution in [0.15, 0.2) is 24.3 Å². The first kappa shape index (κ1) is 15.5. The molecule has 2 atom stereocenters. The van der Waals surface area contributed by atoms with Crippen LogP contribution < -0.4 is 5.32 Å². The maximum Gasteiger partial charge on any atom is 0.328 e. The van der Waals surface area contributed by atoms with Crippen LogP contribution in [0.2, 0.25) is 0 Å². The molecule has 1 aromatic rings. The predicted octanol–water partition coefficient (Wildman–Crippen LogP) is 1.21. The highest BCUT2D eigenvalue weighted by molar-refractivity contribution is 5.96. The normalized spacial score (nSPS) is 12.8. The third-order valence-electron chi connectivity index (χ3n) is 2.73. The zero-order valence-electron chi connectivity index (χ0n) is 11.3. The maximum atomic E-state index is 12.0. The molecule has 20 heavy (non-hydrogen) atoms. The van der Waals surface area contributed by atoms with Gasteiger partial charge in [0, 0.05) is 11.5 Å². The van der Waals surface area contributed by atoms with Crippen LogP contribution in [0.5, 0.6) is 5.75 Å². The van der Waals surface area contributed by atoms with Crippen LogP contribution in [0, 0.1) is 17.2 Å². The highest BCUT2D eigenvalue weighted by atomic mass is 16.5. The summed E-state index contributed by atoms with van der Waals surface area (Å²) in [6.07, 6.45) is 0.174. The van der Waals surface area contributed by atoms with Crippen LogP contribution in [0.4, 0.5) is 0 Å². The van der Waals surface area contributed by atoms with Crippen molar-refractivity contribution in [3.8, 4) is 11.8 Å². The van der Waals surface area contributed by atoms with Gasteiger partial charge in [-0.15, -0.1) is 0 Å². The Kier molecular flexibility index (Phi) is 5.54. The van der Waals surface area contributed by atoms with Crippen LogP contribution in [-0.4, -0.2) is 30.1 Å². The molecule has 106 valence electrons. The van der Waals surface area contributed by atoms with Crippen molar-refractivity contribution in [3.63, 3.8) is 0 Å². The van der Waals surface area contributed by atoms with Gasteiger partial charge < -0.3 is 15.2 Å². The molecule has 2 N–H and O–H groups in total. The molecule has 1 rings (SSSR count). The van der Waals surface area contributed by atoms with Gasteiger partial charge in [0.15, 0.2) is 0 Å². The smallest absolute Gasteiger partial charge is 0.328 e. The number of hydrogen-bond donors (Lipinski definition) is 2. The number of phenolic OH excluding ortho intramolecular Hbond substituents is 1. The lowest BCUT2D eigenvalue weighted by Crippen LogP contribution is -2.42. The van der Waals surface area contributed by atoms with Gasteiger partial charge in [0.2, 0.25) is 0 Å². The van der Waals surface area contributed by atoms with Gasteiger partial charge in [-0.1, -0.05) is 0 Å². The number of amides is 1. The second-order valence-corrected chi connectivity index (χ2v) is 4.36. The van der Waals surface area contributed by atoms with Crippen LogP contribution in [-0.2, 0) is 9.53 Å². The van der Waals surface area contributed by atoms with E-state index in [4.69, 9.17) is 10.4 Å². The van der Waals surface area contributed by atoms with E-state index in [9.17, 15) is 9.59 Å². The van der Waals surface area contributed by atoms with Gasteiger partial charge in [-0.05, 0) is 37.6 Å². The average molecular weight is 276 g/mol. The van der Waals surface area contributed by atoms with Crippen molar-refractivity contribution in [2.45, 2.75) is 19.4 Å². The summed E-state index contributed by atoms with van der Waals surface area (Å²) in [5.41, 5.74) is 0.307. The molecule has 0 aliphatic heterocycles. The molecule has 0 radical (unpaired) electrons. The summed E-state index contributed by atoms with van der Waals surface area (Å²) in [7, 11) is 1.22. The van der Waals surface area contributed by atoms with Crippen LogP contribution >= 0.6 is 0 Å². The number of esters is 1. The van der Waals surface area contributed by atoms with E-state index in [-0.39, 0.29) is 18.1 Å². The second-order valence-electron chi connectivity index (χ2n) is 4.36. The molecular formula is C14H16N2O4. The van der Waals surface area contributed by atoms with E-state index in [1.54, 1.807) is 6.92 Å². The number of nitrogens with zero attached hydrogens (tertiary/aromatic N) is 1. The second kappa shape index (κ2) is 7.14. The SMILES string of the molecule is COC(=O)[C@H](C[C@@H](C)C#N)NC(=O)c1ccc(O)cc1. The molecule has 0 bridgehead atoms. The van der Waals surface area contributed by atoms with Crippen molar-refractivity contribution in [3.05, 3.63) is 29.8 Å². The average Bonchev–Trinajstić information content (AvgIpc) is 2.46. The first-order valence-electron chi connectivity index (χ1n) is 6.05. The first-order valence-corrected chi connectivity index (χ1v) is 6.05. The molecule has 6 nitrogen and oxygen atoms in total. The number of nitriles is 1. The molecule has 0 unspecified atom stereocenters. The number of nitrogens with one attached hydrogen (secondary N) is 1. The van der Waals surface area contributed by atoms with Gasteiger partial charge in [0.25, 0.3) is 5.91 Å². The van der Waals surface area contributed by atoms with E-state index in [0.717, 1.165) is 0 Å². The maximum absolute atomic E-state index is 12.0. The van der Waals surface area contributed by atoms with Gasteiger partial charge in [-0.2, -0.15) is 5.26 Å². The van der Waals surface area contributed by atoms with Crippen LogP contribution in [0.3, 0.4) is 0 Å². The lowest BCUT2D eigenvalue weighted by molar-refractivity contribution is -0.143. The Hall–Kier alpha value is -2.55. The minimum atomic E-state index is -0.879. The fourth-order valence-electron chi connectivity index (χ4n) is 1.62. The van der Waals surface area contributed by atoms with Crippen molar-refractivity contribution < 1.29 is 19.4 Å². The lowest BCUT2D eigenvalue weighted by Gasteiger charge is -2.17. The zero-order valence-corrected chi connectivity index (χ0v) is 11.3. The number of ether oxygens (including phenoxy) is 1. The van der Waals surface area contributed by atoms with E-state index in [0.29, 0.717) is 5.56 Å². The number of rotatable bonds is 5. The van der Waals surface area contributed by atoms with E-state index < -0.39 is 17.9 Å². The monoisotopic (exact) mass is 276 g/mol. The number of phenols is 1. The third-order valence-corrected chi connectivity index (χ3v) is 2.73. The lowest BCUT2D eigenvalue weighted by atomic mass is 10.0. The Bertz CT molecular complexity index is 519. The molecule has 0 fully saturated rings. The summed E-state index contributed by atoms with van der Waals surface area (Å²) in [6.45, 7) is 1.66. The summed E-state index contributed by atoms with van der Waals surface area (Å²) in [5.74, 6) is -1.41. The molecule has 0 spiro atoms. The molecule has 1 aromatic carbocycles. The summed E-state index contributed by atoms with van der Waals surface area (Å²) >= 11 is 0. The molecular weight excluding hydrogens is 260 g/mol. The Balaban J connectivity index is 2.78. The van der Waals surface area contributed by atoms with E-state index in [2.05, 4.69) is 10.1 Å². The van der Waals surface area contributed by atoms with E-state index in [1.807, 2.05) is 6.07 Å². The van der Waals surface area contributed by atoms with Gasteiger partial charge >= 0.3 is 5.97 Å². The van der Waals surface area contributed by atoms with Crippen molar-refractivity contribution in [1.82, 2.24) is 5.32 Å². The summed E-state index contributed by atoms with van der Waals surface area (Å²) in [6, 6.07) is 6.75. The van der Waals surface area contributed by atoms with E-state index in [1.165, 1.54) is 31.4 Å². The number of aromatic hydroxyl groups is 1. The number of benzene rings is 1. The van der Waals surface area contributed by atoms with Crippen molar-refractivity contribution in [2.75, 3.05) is 7.11 Å². The summed E-state index contributed by atoms with van der Waals surface area (Å²) < 4.78 is 4.61. The molecule has 0 aromatic heterocycles. The first-order chi connectivity index (χ1) is 9.47.